The van der Waals surface area contributed by atoms with Crippen molar-refractivity contribution in [3.8, 4) is 11.8 Å². The van der Waals surface area contributed by atoms with Crippen molar-refractivity contribution in [3.63, 3.8) is 0 Å². The molecule has 0 N–H and O–H groups in total. The van der Waals surface area contributed by atoms with Crippen LogP contribution in [0.1, 0.15) is 12.0 Å². The van der Waals surface area contributed by atoms with E-state index in [9.17, 15) is 0 Å². The molecule has 0 amide bonds. The molecule has 0 saturated heterocycles. The second-order valence-corrected chi connectivity index (χ2v) is 3.25. The van der Waals surface area contributed by atoms with E-state index in [-0.39, 0.29) is 0 Å². The average Bonchev–Trinajstić information content (AvgIpc) is 2.21. The van der Waals surface area contributed by atoms with E-state index in [1.807, 2.05) is 24.3 Å². The summed E-state index contributed by atoms with van der Waals surface area (Å²) in [4.78, 5) is 0. The molecule has 3 heteroatoms. The molecule has 0 saturated carbocycles. The second-order valence-electron chi connectivity index (χ2n) is 2.87. The number of hydrogen-bond donors (Lipinski definition) is 0. The second kappa shape index (κ2) is 6.28. The fourth-order valence-electron chi connectivity index (χ4n) is 1.04. The fraction of sp³-hybridized carbons (Fsp3) is 0.364. The first-order chi connectivity index (χ1) is 6.86. The maximum absolute atomic E-state index is 8.47. The van der Waals surface area contributed by atoms with Crippen LogP contribution in [0.3, 0.4) is 0 Å². The van der Waals surface area contributed by atoms with Gasteiger partial charge in [0.05, 0.1) is 19.1 Å². The van der Waals surface area contributed by atoms with Crippen molar-refractivity contribution in [1.82, 2.24) is 0 Å². The Morgan fingerprint density at radius 2 is 2.00 bits per heavy atom. The third kappa shape index (κ3) is 3.68. The molecule has 0 fully saturated rings. The first-order valence-electron chi connectivity index (χ1n) is 4.51. The summed E-state index contributed by atoms with van der Waals surface area (Å²) in [5.74, 6) is 1.45. The molecule has 0 bridgehead atoms. The van der Waals surface area contributed by atoms with E-state index in [1.165, 1.54) is 0 Å². The van der Waals surface area contributed by atoms with Crippen molar-refractivity contribution in [3.05, 3.63) is 29.8 Å². The van der Waals surface area contributed by atoms with Gasteiger partial charge in [-0.05, 0) is 24.1 Å². The van der Waals surface area contributed by atoms with Gasteiger partial charge in [0.1, 0.15) is 5.75 Å². The van der Waals surface area contributed by atoms with Gasteiger partial charge in [-0.25, -0.2) is 0 Å². The van der Waals surface area contributed by atoms with Crippen LogP contribution in [0.2, 0.25) is 0 Å². The summed E-state index contributed by atoms with van der Waals surface area (Å²) < 4.78 is 5.41. The molecule has 0 aliphatic carbocycles. The number of hydrogen-bond acceptors (Lipinski definition) is 2. The summed E-state index contributed by atoms with van der Waals surface area (Å²) in [6.45, 7) is 0.640. The molecule has 0 aliphatic heterocycles. The first kappa shape index (κ1) is 10.9. The van der Waals surface area contributed by atoms with E-state index < -0.39 is 0 Å². The minimum Gasteiger partial charge on any atom is -0.494 e. The SMILES string of the molecule is N#CCc1ccc(OCCCCl)cc1. The molecule has 1 aromatic rings. The number of alkyl halides is 1. The number of halogens is 1. The van der Waals surface area contributed by atoms with Crippen molar-refractivity contribution >= 4 is 11.6 Å². The predicted octanol–water partition coefficient (Wildman–Crippen LogP) is 2.76. The van der Waals surface area contributed by atoms with Gasteiger partial charge in [0.2, 0.25) is 0 Å². The Morgan fingerprint density at radius 1 is 1.29 bits per heavy atom. The lowest BCUT2D eigenvalue weighted by molar-refractivity contribution is 0.318. The van der Waals surface area contributed by atoms with E-state index in [4.69, 9.17) is 21.6 Å². The third-order valence-corrected chi connectivity index (χ3v) is 2.02. The zero-order chi connectivity index (χ0) is 10.2. The van der Waals surface area contributed by atoms with E-state index in [2.05, 4.69) is 6.07 Å². The Balaban J connectivity index is 2.43. The zero-order valence-electron chi connectivity index (χ0n) is 7.87. The van der Waals surface area contributed by atoms with Crippen molar-refractivity contribution in [2.75, 3.05) is 12.5 Å². The Labute approximate surface area is 89.1 Å². The maximum atomic E-state index is 8.47. The molecule has 0 radical (unpaired) electrons. The summed E-state index contributed by atoms with van der Waals surface area (Å²) in [7, 11) is 0. The van der Waals surface area contributed by atoms with Crippen molar-refractivity contribution in [2.45, 2.75) is 12.8 Å². The minimum absolute atomic E-state index is 0.446. The molecule has 0 aromatic heterocycles. The third-order valence-electron chi connectivity index (χ3n) is 1.75. The summed E-state index contributed by atoms with van der Waals surface area (Å²) in [5.41, 5.74) is 1.01. The largest absolute Gasteiger partial charge is 0.494 e. The Morgan fingerprint density at radius 3 is 2.57 bits per heavy atom. The number of ether oxygens (including phenoxy) is 1. The van der Waals surface area contributed by atoms with Crippen LogP contribution in [0.4, 0.5) is 0 Å². The summed E-state index contributed by atoms with van der Waals surface area (Å²) in [6.07, 6.45) is 1.30. The summed E-state index contributed by atoms with van der Waals surface area (Å²) in [6, 6.07) is 9.65. The fourth-order valence-corrected chi connectivity index (χ4v) is 1.15. The van der Waals surface area contributed by atoms with E-state index in [0.717, 1.165) is 17.7 Å². The van der Waals surface area contributed by atoms with Crippen LogP contribution in [-0.4, -0.2) is 12.5 Å². The molecule has 0 spiro atoms. The number of benzene rings is 1. The molecule has 74 valence electrons. The zero-order valence-corrected chi connectivity index (χ0v) is 8.63. The molecular formula is C11H12ClNO. The van der Waals surface area contributed by atoms with Crippen LogP contribution >= 0.6 is 11.6 Å². The smallest absolute Gasteiger partial charge is 0.119 e. The molecule has 1 aromatic carbocycles. The van der Waals surface area contributed by atoms with E-state index >= 15 is 0 Å². The highest BCUT2D eigenvalue weighted by Gasteiger charge is 1.94. The Kier molecular flexibility index (Phi) is 4.88. The molecule has 0 aliphatic rings. The highest BCUT2D eigenvalue weighted by Crippen LogP contribution is 2.12. The average molecular weight is 210 g/mol. The summed E-state index contributed by atoms with van der Waals surface area (Å²) >= 11 is 5.52. The molecule has 0 atom stereocenters. The van der Waals surface area contributed by atoms with Gasteiger partial charge in [-0.15, -0.1) is 11.6 Å². The van der Waals surface area contributed by atoms with Gasteiger partial charge in [0, 0.05) is 5.88 Å². The molecular weight excluding hydrogens is 198 g/mol. The normalized spacial score (nSPS) is 9.43. The van der Waals surface area contributed by atoms with Crippen LogP contribution in [0, 0.1) is 11.3 Å². The predicted molar refractivity (Wildman–Crippen MR) is 56.6 cm³/mol. The van der Waals surface area contributed by atoms with Crippen molar-refractivity contribution in [1.29, 1.82) is 5.26 Å². The van der Waals surface area contributed by atoms with Crippen LogP contribution < -0.4 is 4.74 Å². The number of nitrogens with zero attached hydrogens (tertiary/aromatic N) is 1. The van der Waals surface area contributed by atoms with Gasteiger partial charge < -0.3 is 4.74 Å². The summed E-state index contributed by atoms with van der Waals surface area (Å²) in [5, 5.41) is 8.47. The first-order valence-corrected chi connectivity index (χ1v) is 5.05. The standard InChI is InChI=1S/C11H12ClNO/c12-7-1-9-14-11-4-2-10(3-5-11)6-8-13/h2-5H,1,6-7,9H2. The lowest BCUT2D eigenvalue weighted by Crippen LogP contribution is -1.97. The topological polar surface area (TPSA) is 33.0 Å². The van der Waals surface area contributed by atoms with Gasteiger partial charge >= 0.3 is 0 Å². The molecule has 14 heavy (non-hydrogen) atoms. The molecule has 2 nitrogen and oxygen atoms in total. The van der Waals surface area contributed by atoms with Crippen LogP contribution in [0.15, 0.2) is 24.3 Å². The van der Waals surface area contributed by atoms with Crippen LogP contribution in [0.25, 0.3) is 0 Å². The van der Waals surface area contributed by atoms with Gasteiger partial charge in [-0.1, -0.05) is 12.1 Å². The van der Waals surface area contributed by atoms with E-state index in [0.29, 0.717) is 18.9 Å². The monoisotopic (exact) mass is 209 g/mol. The molecule has 0 unspecified atom stereocenters. The van der Waals surface area contributed by atoms with E-state index in [1.54, 1.807) is 0 Å². The highest BCUT2D eigenvalue weighted by atomic mass is 35.5. The highest BCUT2D eigenvalue weighted by molar-refractivity contribution is 6.17. The lowest BCUT2D eigenvalue weighted by atomic mass is 10.2. The van der Waals surface area contributed by atoms with Gasteiger partial charge in [0.25, 0.3) is 0 Å². The van der Waals surface area contributed by atoms with Crippen LogP contribution in [0.5, 0.6) is 5.75 Å². The number of rotatable bonds is 5. The van der Waals surface area contributed by atoms with Gasteiger partial charge in [-0.3, -0.25) is 0 Å². The maximum Gasteiger partial charge on any atom is 0.119 e. The van der Waals surface area contributed by atoms with Crippen molar-refractivity contribution in [2.24, 2.45) is 0 Å². The molecule has 1 rings (SSSR count). The lowest BCUT2D eigenvalue weighted by Gasteiger charge is -2.04. The molecule has 0 heterocycles. The van der Waals surface area contributed by atoms with Crippen molar-refractivity contribution < 1.29 is 4.74 Å². The van der Waals surface area contributed by atoms with Crippen LogP contribution in [-0.2, 0) is 6.42 Å². The number of nitriles is 1. The quantitative estimate of drug-likeness (QED) is 0.552. The van der Waals surface area contributed by atoms with Gasteiger partial charge in [0.15, 0.2) is 0 Å². The Bertz CT molecular complexity index is 302. The minimum atomic E-state index is 0.446. The van der Waals surface area contributed by atoms with Gasteiger partial charge in [-0.2, -0.15) is 5.26 Å². The Hall–Kier alpha value is -1.20.